The average molecular weight is 323 g/mol. The lowest BCUT2D eigenvalue weighted by molar-refractivity contribution is -0.112. The average Bonchev–Trinajstić information content (AvgIpc) is 2.97. The van der Waals surface area contributed by atoms with Gasteiger partial charge in [0.05, 0.1) is 11.9 Å². The molecule has 1 N–H and O–H groups in total. The van der Waals surface area contributed by atoms with Crippen LogP contribution < -0.4 is 4.90 Å². The summed E-state index contributed by atoms with van der Waals surface area (Å²) in [6.45, 7) is 7.86. The van der Waals surface area contributed by atoms with Crippen molar-refractivity contribution in [2.45, 2.75) is 40.0 Å². The third-order valence-corrected chi connectivity index (χ3v) is 4.35. The highest BCUT2D eigenvalue weighted by molar-refractivity contribution is 6.02. The lowest BCUT2D eigenvalue weighted by atomic mass is 10.0. The molecule has 4 nitrogen and oxygen atoms in total. The number of anilines is 1. The van der Waals surface area contributed by atoms with Gasteiger partial charge in [0.25, 0.3) is 0 Å². The predicted octanol–water partition coefficient (Wildman–Crippen LogP) is 4.49. The molecule has 3 rings (SSSR count). The van der Waals surface area contributed by atoms with Crippen molar-refractivity contribution in [3.63, 3.8) is 0 Å². The molecule has 1 saturated heterocycles. The molecule has 0 amide bonds. The zero-order valence-electron chi connectivity index (χ0n) is 14.7. The van der Waals surface area contributed by atoms with Crippen LogP contribution in [-0.4, -0.2) is 28.8 Å². The van der Waals surface area contributed by atoms with E-state index in [1.807, 2.05) is 26.2 Å². The second kappa shape index (κ2) is 7.04. The van der Waals surface area contributed by atoms with E-state index < -0.39 is 0 Å². The van der Waals surface area contributed by atoms with Gasteiger partial charge in [-0.15, -0.1) is 0 Å². The largest absolute Gasteiger partial charge is 0.370 e. The predicted molar refractivity (Wildman–Crippen MR) is 100 cm³/mol. The first-order valence-corrected chi connectivity index (χ1v) is 8.64. The summed E-state index contributed by atoms with van der Waals surface area (Å²) in [4.78, 5) is 21.9. The molecule has 2 aromatic heterocycles. The van der Waals surface area contributed by atoms with Gasteiger partial charge in [0.15, 0.2) is 5.78 Å². The van der Waals surface area contributed by atoms with Crippen LogP contribution in [0.15, 0.2) is 36.2 Å². The Labute approximate surface area is 143 Å². The van der Waals surface area contributed by atoms with Crippen molar-refractivity contribution in [3.8, 4) is 0 Å². The minimum Gasteiger partial charge on any atom is -0.370 e. The Morgan fingerprint density at radius 3 is 2.58 bits per heavy atom. The molecule has 126 valence electrons. The molecule has 0 saturated carbocycles. The van der Waals surface area contributed by atoms with Crippen LogP contribution in [0.3, 0.4) is 0 Å². The van der Waals surface area contributed by atoms with Gasteiger partial charge in [0.1, 0.15) is 5.65 Å². The van der Waals surface area contributed by atoms with Crippen molar-refractivity contribution in [2.75, 3.05) is 18.0 Å². The molecular weight excluding hydrogens is 298 g/mol. The molecule has 24 heavy (non-hydrogen) atoms. The summed E-state index contributed by atoms with van der Waals surface area (Å²) in [5, 5.41) is 1.07. The molecule has 2 aromatic rings. The van der Waals surface area contributed by atoms with Gasteiger partial charge >= 0.3 is 0 Å². The Balaban J connectivity index is 2.07. The zero-order chi connectivity index (χ0) is 17.1. The molecular formula is C20H25N3O. The van der Waals surface area contributed by atoms with E-state index in [1.165, 1.54) is 24.9 Å². The van der Waals surface area contributed by atoms with Gasteiger partial charge in [0, 0.05) is 30.2 Å². The van der Waals surface area contributed by atoms with Crippen LogP contribution in [0.4, 0.5) is 5.69 Å². The lowest BCUT2D eigenvalue weighted by Gasteiger charge is -2.28. The van der Waals surface area contributed by atoms with Gasteiger partial charge in [-0.3, -0.25) is 4.79 Å². The van der Waals surface area contributed by atoms with Crippen LogP contribution in [-0.2, 0) is 4.79 Å². The fraction of sp³-hybridized carbons (Fsp3) is 0.400. The third-order valence-electron chi connectivity index (χ3n) is 4.35. The van der Waals surface area contributed by atoms with Crippen molar-refractivity contribution in [1.29, 1.82) is 0 Å². The summed E-state index contributed by atoms with van der Waals surface area (Å²) in [6.07, 6.45) is 11.4. The minimum absolute atomic E-state index is 0.0528. The van der Waals surface area contributed by atoms with Gasteiger partial charge < -0.3 is 9.88 Å². The maximum absolute atomic E-state index is 11.6. The fourth-order valence-electron chi connectivity index (χ4n) is 3.28. The summed E-state index contributed by atoms with van der Waals surface area (Å²) in [5.41, 5.74) is 5.17. The zero-order valence-corrected chi connectivity index (χ0v) is 14.7. The molecule has 0 spiro atoms. The first kappa shape index (κ1) is 16.5. The number of nitrogens with one attached hydrogen (secondary N) is 1. The van der Waals surface area contributed by atoms with Crippen molar-refractivity contribution >= 4 is 28.1 Å². The Bertz CT molecular complexity index is 803. The number of H-pyrrole nitrogens is 1. The number of allylic oxidation sites excluding steroid dienone is 4. The van der Waals surface area contributed by atoms with Gasteiger partial charge in [-0.2, -0.15) is 0 Å². The van der Waals surface area contributed by atoms with Crippen LogP contribution in [0.1, 0.15) is 45.6 Å². The molecule has 1 aliphatic heterocycles. The van der Waals surface area contributed by atoms with Gasteiger partial charge in [0.2, 0.25) is 0 Å². The molecule has 4 heteroatoms. The maximum atomic E-state index is 11.6. The normalized spacial score (nSPS) is 15.6. The highest BCUT2D eigenvalue weighted by Gasteiger charge is 2.14. The number of piperidine rings is 1. The van der Waals surface area contributed by atoms with Gasteiger partial charge in [-0.1, -0.05) is 11.6 Å². The van der Waals surface area contributed by atoms with E-state index in [-0.39, 0.29) is 5.78 Å². The summed E-state index contributed by atoms with van der Waals surface area (Å²) in [6, 6.07) is 2.20. The number of hydrogen-bond donors (Lipinski definition) is 1. The van der Waals surface area contributed by atoms with Crippen LogP contribution >= 0.6 is 0 Å². The number of fused-ring (bicyclic) bond motifs is 1. The molecule has 0 aliphatic carbocycles. The number of rotatable bonds is 4. The SMILES string of the molecule is CC(=O)/C=C(\C=C(C)C)c1c[nH]c2ncc(N3CCCCC3)cc12. The number of carbonyl (C=O) groups excluding carboxylic acids is 1. The topological polar surface area (TPSA) is 49.0 Å². The summed E-state index contributed by atoms with van der Waals surface area (Å²) >= 11 is 0. The quantitative estimate of drug-likeness (QED) is 0.666. The number of ketones is 1. The second-order valence-corrected chi connectivity index (χ2v) is 6.77. The molecule has 0 bridgehead atoms. The number of pyridine rings is 1. The number of carbonyl (C=O) groups is 1. The van der Waals surface area contributed by atoms with Crippen molar-refractivity contribution in [2.24, 2.45) is 0 Å². The summed E-state index contributed by atoms with van der Waals surface area (Å²) < 4.78 is 0. The fourth-order valence-corrected chi connectivity index (χ4v) is 3.28. The minimum atomic E-state index is 0.0528. The van der Waals surface area contributed by atoms with E-state index in [1.54, 1.807) is 13.0 Å². The standard InChI is InChI=1S/C20H25N3O/c1-14(2)9-16(10-15(3)24)19-13-22-20-18(19)11-17(12-21-20)23-7-5-4-6-8-23/h9-13H,4-8H2,1-3H3,(H,21,22)/b16-10+. The van der Waals surface area contributed by atoms with Crippen molar-refractivity contribution in [3.05, 3.63) is 41.7 Å². The van der Waals surface area contributed by atoms with E-state index in [4.69, 9.17) is 0 Å². The number of nitrogens with zero attached hydrogens (tertiary/aromatic N) is 2. The number of hydrogen-bond acceptors (Lipinski definition) is 3. The molecule has 0 atom stereocenters. The smallest absolute Gasteiger partial charge is 0.153 e. The molecule has 1 fully saturated rings. The first-order chi connectivity index (χ1) is 11.5. The summed E-state index contributed by atoms with van der Waals surface area (Å²) in [7, 11) is 0. The van der Waals surface area contributed by atoms with Crippen molar-refractivity contribution < 1.29 is 4.79 Å². The van der Waals surface area contributed by atoms with Crippen LogP contribution in [0.5, 0.6) is 0 Å². The van der Waals surface area contributed by atoms with E-state index in [0.717, 1.165) is 40.8 Å². The second-order valence-electron chi connectivity index (χ2n) is 6.77. The highest BCUT2D eigenvalue weighted by Crippen LogP contribution is 2.29. The highest BCUT2D eigenvalue weighted by atomic mass is 16.1. The van der Waals surface area contributed by atoms with E-state index in [2.05, 4.69) is 27.0 Å². The molecule has 0 aromatic carbocycles. The van der Waals surface area contributed by atoms with Crippen molar-refractivity contribution in [1.82, 2.24) is 9.97 Å². The molecule has 3 heterocycles. The van der Waals surface area contributed by atoms with Crippen LogP contribution in [0.2, 0.25) is 0 Å². The first-order valence-electron chi connectivity index (χ1n) is 8.64. The van der Waals surface area contributed by atoms with Gasteiger partial charge in [-0.05, 0) is 57.7 Å². The monoisotopic (exact) mass is 323 g/mol. The Kier molecular flexibility index (Phi) is 4.84. The Morgan fingerprint density at radius 1 is 1.17 bits per heavy atom. The van der Waals surface area contributed by atoms with Gasteiger partial charge in [-0.25, -0.2) is 4.98 Å². The third kappa shape index (κ3) is 3.58. The van der Waals surface area contributed by atoms with E-state index in [0.29, 0.717) is 0 Å². The van der Waals surface area contributed by atoms with Crippen LogP contribution in [0, 0.1) is 0 Å². The Morgan fingerprint density at radius 2 is 1.92 bits per heavy atom. The van der Waals surface area contributed by atoms with E-state index in [9.17, 15) is 4.79 Å². The lowest BCUT2D eigenvalue weighted by Crippen LogP contribution is -2.29. The molecule has 1 aliphatic rings. The number of aromatic nitrogens is 2. The summed E-state index contributed by atoms with van der Waals surface area (Å²) in [5.74, 6) is 0.0528. The maximum Gasteiger partial charge on any atom is 0.153 e. The molecule has 0 unspecified atom stereocenters. The van der Waals surface area contributed by atoms with E-state index >= 15 is 0 Å². The molecule has 0 radical (unpaired) electrons. The Hall–Kier alpha value is -2.36. The number of aromatic amines is 1. The van der Waals surface area contributed by atoms with Crippen LogP contribution in [0.25, 0.3) is 16.6 Å².